The maximum Gasteiger partial charge on any atom is 0.410 e. The third kappa shape index (κ3) is 5.10. The van der Waals surface area contributed by atoms with Gasteiger partial charge in [0.05, 0.1) is 6.61 Å². The predicted molar refractivity (Wildman–Crippen MR) is 68.5 cm³/mol. The normalized spacial score (nSPS) is 24.1. The number of ether oxygens (including phenoxy) is 1. The molecule has 0 radical (unpaired) electrons. The molecule has 1 aliphatic heterocycles. The van der Waals surface area contributed by atoms with Crippen molar-refractivity contribution in [3.63, 3.8) is 0 Å². The molecule has 0 aliphatic carbocycles. The number of rotatable bonds is 2. The van der Waals surface area contributed by atoms with Crippen LogP contribution in [0, 0.1) is 0 Å². The summed E-state index contributed by atoms with van der Waals surface area (Å²) in [7, 11) is 1.74. The van der Waals surface area contributed by atoms with E-state index in [0.29, 0.717) is 6.54 Å². The van der Waals surface area contributed by atoms with Crippen molar-refractivity contribution in [2.24, 2.45) is 0 Å². The Hall–Kier alpha value is -0.520. The second kappa shape index (κ2) is 6.42. The first-order valence-electron chi connectivity index (χ1n) is 5.63. The zero-order chi connectivity index (χ0) is 12.3. The maximum atomic E-state index is 11.8. The molecule has 2 atom stereocenters. The van der Waals surface area contributed by atoms with Crippen LogP contribution in [0.5, 0.6) is 0 Å². The van der Waals surface area contributed by atoms with Crippen molar-refractivity contribution in [3.8, 4) is 0 Å². The molecular weight excluding hydrogens is 244 g/mol. The Balaban J connectivity index is 0.00000256. The molecule has 1 aliphatic rings. The predicted octanol–water partition coefficient (Wildman–Crippen LogP) is 0.998. The van der Waals surface area contributed by atoms with Crippen molar-refractivity contribution >= 4 is 18.5 Å². The fourth-order valence-corrected chi connectivity index (χ4v) is 1.71. The van der Waals surface area contributed by atoms with Crippen molar-refractivity contribution in [2.45, 2.75) is 44.9 Å². The van der Waals surface area contributed by atoms with E-state index in [0.717, 1.165) is 6.42 Å². The highest BCUT2D eigenvalue weighted by Gasteiger charge is 2.31. The largest absolute Gasteiger partial charge is 0.444 e. The quantitative estimate of drug-likeness (QED) is 0.783. The van der Waals surface area contributed by atoms with Crippen LogP contribution in [-0.2, 0) is 4.74 Å². The molecule has 0 spiro atoms. The molecule has 1 fully saturated rings. The maximum absolute atomic E-state index is 11.8. The van der Waals surface area contributed by atoms with Gasteiger partial charge in [-0.05, 0) is 27.2 Å². The number of hydrogen-bond donors (Lipinski definition) is 2. The van der Waals surface area contributed by atoms with Gasteiger partial charge in [-0.3, -0.25) is 0 Å². The fraction of sp³-hybridized carbons (Fsp3) is 0.909. The lowest BCUT2D eigenvalue weighted by atomic mass is 10.1. The van der Waals surface area contributed by atoms with Gasteiger partial charge in [-0.1, -0.05) is 0 Å². The van der Waals surface area contributed by atoms with Crippen LogP contribution in [-0.4, -0.2) is 54.0 Å². The lowest BCUT2D eigenvalue weighted by Crippen LogP contribution is -2.41. The molecule has 1 rings (SSSR count). The molecule has 0 aromatic heterocycles. The Morgan fingerprint density at radius 3 is 2.53 bits per heavy atom. The summed E-state index contributed by atoms with van der Waals surface area (Å²) in [6.07, 6.45) is 0.463. The Kier molecular flexibility index (Phi) is 6.23. The van der Waals surface area contributed by atoms with Gasteiger partial charge in [-0.2, -0.15) is 0 Å². The van der Waals surface area contributed by atoms with Gasteiger partial charge >= 0.3 is 6.09 Å². The van der Waals surface area contributed by atoms with E-state index < -0.39 is 5.60 Å². The van der Waals surface area contributed by atoms with E-state index in [9.17, 15) is 4.79 Å². The molecule has 0 aromatic carbocycles. The van der Waals surface area contributed by atoms with Gasteiger partial charge in [0.25, 0.3) is 0 Å². The number of carbonyl (C=O) groups is 1. The number of aliphatic hydroxyl groups is 1. The smallest absolute Gasteiger partial charge is 0.410 e. The zero-order valence-corrected chi connectivity index (χ0v) is 11.7. The van der Waals surface area contributed by atoms with Gasteiger partial charge in [-0.25, -0.2) is 4.79 Å². The van der Waals surface area contributed by atoms with E-state index in [1.807, 2.05) is 20.8 Å². The summed E-state index contributed by atoms with van der Waals surface area (Å²) in [5.41, 5.74) is -0.465. The molecule has 5 nitrogen and oxygen atoms in total. The molecule has 102 valence electrons. The molecule has 1 amide bonds. The third-order valence-corrected chi connectivity index (χ3v) is 2.65. The number of carbonyl (C=O) groups excluding carboxylic acids is 1. The van der Waals surface area contributed by atoms with Crippen LogP contribution in [0.1, 0.15) is 27.2 Å². The number of amides is 1. The number of nitrogens with one attached hydrogen (secondary N) is 1. The highest BCUT2D eigenvalue weighted by molar-refractivity contribution is 5.85. The Bertz CT molecular complexity index is 256. The number of hydrogen-bond acceptors (Lipinski definition) is 4. The highest BCUT2D eigenvalue weighted by Crippen LogP contribution is 2.15. The van der Waals surface area contributed by atoms with E-state index in [-0.39, 0.29) is 37.2 Å². The van der Waals surface area contributed by atoms with Crippen LogP contribution in [0.3, 0.4) is 0 Å². The minimum absolute atomic E-state index is 0. The van der Waals surface area contributed by atoms with Crippen molar-refractivity contribution in [1.82, 2.24) is 10.2 Å². The first-order chi connectivity index (χ1) is 7.33. The van der Waals surface area contributed by atoms with Crippen molar-refractivity contribution in [1.29, 1.82) is 0 Å². The molecule has 2 N–H and O–H groups in total. The van der Waals surface area contributed by atoms with E-state index in [2.05, 4.69) is 5.32 Å². The summed E-state index contributed by atoms with van der Waals surface area (Å²) < 4.78 is 5.28. The number of nitrogens with zero attached hydrogens (tertiary/aromatic N) is 1. The molecule has 2 unspecified atom stereocenters. The summed E-state index contributed by atoms with van der Waals surface area (Å²) in [5, 5.41) is 12.1. The van der Waals surface area contributed by atoms with E-state index in [1.165, 1.54) is 0 Å². The second-order valence-corrected chi connectivity index (χ2v) is 5.27. The van der Waals surface area contributed by atoms with Gasteiger partial charge in [0, 0.05) is 25.7 Å². The van der Waals surface area contributed by atoms with Crippen LogP contribution in [0.25, 0.3) is 0 Å². The van der Waals surface area contributed by atoms with E-state index >= 15 is 0 Å². The highest BCUT2D eigenvalue weighted by atomic mass is 35.5. The molecule has 6 heteroatoms. The standard InChI is InChI=1S/C11H22N2O3.ClH/c1-11(2,3)16-10(15)13(4)9-5-8(7-14)12-6-9;/h8-9,12,14H,5-7H2,1-4H3;1H. The van der Waals surface area contributed by atoms with E-state index in [4.69, 9.17) is 9.84 Å². The van der Waals surface area contributed by atoms with Crippen LogP contribution < -0.4 is 5.32 Å². The first kappa shape index (κ1) is 16.5. The zero-order valence-electron chi connectivity index (χ0n) is 10.9. The van der Waals surface area contributed by atoms with Crippen LogP contribution in [0.4, 0.5) is 4.79 Å². The summed E-state index contributed by atoms with van der Waals surface area (Å²) in [5.74, 6) is 0. The fourth-order valence-electron chi connectivity index (χ4n) is 1.71. The number of likely N-dealkylation sites (N-methyl/N-ethyl adjacent to an activating group) is 1. The van der Waals surface area contributed by atoms with Gasteiger partial charge in [0.15, 0.2) is 0 Å². The van der Waals surface area contributed by atoms with Crippen LogP contribution in [0.2, 0.25) is 0 Å². The molecular formula is C11H23ClN2O3. The summed E-state index contributed by atoms with van der Waals surface area (Å²) in [6.45, 7) is 6.37. The van der Waals surface area contributed by atoms with Gasteiger partial charge in [0.1, 0.15) is 5.60 Å². The van der Waals surface area contributed by atoms with Gasteiger partial charge in [-0.15, -0.1) is 12.4 Å². The van der Waals surface area contributed by atoms with Crippen molar-refractivity contribution in [3.05, 3.63) is 0 Å². The Labute approximate surface area is 109 Å². The Morgan fingerprint density at radius 1 is 1.53 bits per heavy atom. The molecule has 0 saturated carbocycles. The van der Waals surface area contributed by atoms with E-state index in [1.54, 1.807) is 11.9 Å². The molecule has 0 bridgehead atoms. The van der Waals surface area contributed by atoms with Gasteiger partial charge < -0.3 is 20.1 Å². The lowest BCUT2D eigenvalue weighted by Gasteiger charge is -2.28. The molecule has 1 heterocycles. The lowest BCUT2D eigenvalue weighted by molar-refractivity contribution is 0.0233. The number of halogens is 1. The minimum atomic E-state index is -0.465. The average molecular weight is 267 g/mol. The van der Waals surface area contributed by atoms with Crippen molar-refractivity contribution < 1.29 is 14.6 Å². The minimum Gasteiger partial charge on any atom is -0.444 e. The molecule has 1 saturated heterocycles. The summed E-state index contributed by atoms with van der Waals surface area (Å²) in [6, 6.07) is 0.196. The second-order valence-electron chi connectivity index (χ2n) is 5.27. The molecule has 17 heavy (non-hydrogen) atoms. The summed E-state index contributed by atoms with van der Waals surface area (Å²) in [4.78, 5) is 13.4. The SMILES string of the molecule is CN(C(=O)OC(C)(C)C)C1CNC(CO)C1.Cl. The Morgan fingerprint density at radius 2 is 2.12 bits per heavy atom. The third-order valence-electron chi connectivity index (χ3n) is 2.65. The summed E-state index contributed by atoms with van der Waals surface area (Å²) >= 11 is 0. The van der Waals surface area contributed by atoms with Gasteiger partial charge in [0.2, 0.25) is 0 Å². The van der Waals surface area contributed by atoms with Crippen LogP contribution >= 0.6 is 12.4 Å². The first-order valence-corrected chi connectivity index (χ1v) is 5.63. The molecule has 0 aromatic rings. The average Bonchev–Trinajstić information content (AvgIpc) is 2.61. The van der Waals surface area contributed by atoms with Crippen molar-refractivity contribution in [2.75, 3.05) is 20.2 Å². The van der Waals surface area contributed by atoms with Crippen LogP contribution in [0.15, 0.2) is 0 Å². The topological polar surface area (TPSA) is 61.8 Å². The number of aliphatic hydroxyl groups excluding tert-OH is 1. The monoisotopic (exact) mass is 266 g/mol.